The summed E-state index contributed by atoms with van der Waals surface area (Å²) in [6, 6.07) is -0.410. The van der Waals surface area contributed by atoms with Crippen LogP contribution in [0.2, 0.25) is 0 Å². The van der Waals surface area contributed by atoms with E-state index in [-0.39, 0.29) is 11.8 Å². The summed E-state index contributed by atoms with van der Waals surface area (Å²) in [6.07, 6.45) is 0.648. The Hall–Kier alpha value is -0.610. The molecule has 1 aliphatic rings. The smallest absolute Gasteiger partial charge is 0.239 e. The molecule has 1 amide bonds. The molecule has 0 aromatic heterocycles. The first-order valence-electron chi connectivity index (χ1n) is 5.17. The van der Waals surface area contributed by atoms with Gasteiger partial charge in [0, 0.05) is 0 Å². The van der Waals surface area contributed by atoms with Gasteiger partial charge in [0.15, 0.2) is 0 Å². The molecule has 0 aromatic rings. The number of hydrogen-bond acceptors (Lipinski definition) is 3. The van der Waals surface area contributed by atoms with Crippen molar-refractivity contribution in [2.75, 3.05) is 13.1 Å². The fourth-order valence-corrected chi connectivity index (χ4v) is 1.54. The van der Waals surface area contributed by atoms with Crippen molar-refractivity contribution in [1.29, 1.82) is 0 Å². The number of likely N-dealkylation sites (tertiary alicyclic amines) is 1. The molecule has 1 atom stereocenters. The van der Waals surface area contributed by atoms with Gasteiger partial charge in [-0.2, -0.15) is 0 Å². The van der Waals surface area contributed by atoms with E-state index in [0.29, 0.717) is 19.5 Å². The van der Waals surface area contributed by atoms with Gasteiger partial charge in [0.2, 0.25) is 5.91 Å². The molecule has 1 aliphatic heterocycles. The van der Waals surface area contributed by atoms with Crippen LogP contribution in [0.25, 0.3) is 0 Å². The molecule has 1 fully saturated rings. The van der Waals surface area contributed by atoms with Gasteiger partial charge in [0.05, 0.1) is 19.1 Å². The summed E-state index contributed by atoms with van der Waals surface area (Å²) in [7, 11) is 0. The molecule has 0 aromatic carbocycles. The predicted octanol–water partition coefficient (Wildman–Crippen LogP) is -0.0470. The van der Waals surface area contributed by atoms with Gasteiger partial charge in [-0.25, -0.2) is 0 Å². The van der Waals surface area contributed by atoms with E-state index >= 15 is 0 Å². The van der Waals surface area contributed by atoms with Crippen molar-refractivity contribution in [2.24, 2.45) is 11.7 Å². The summed E-state index contributed by atoms with van der Waals surface area (Å²) < 4.78 is 0. The van der Waals surface area contributed by atoms with Crippen LogP contribution < -0.4 is 5.73 Å². The van der Waals surface area contributed by atoms with Gasteiger partial charge >= 0.3 is 0 Å². The van der Waals surface area contributed by atoms with Crippen LogP contribution in [0.1, 0.15) is 27.2 Å². The summed E-state index contributed by atoms with van der Waals surface area (Å²) in [5.41, 5.74) is 4.93. The van der Waals surface area contributed by atoms with Gasteiger partial charge < -0.3 is 15.7 Å². The van der Waals surface area contributed by atoms with Crippen LogP contribution >= 0.6 is 0 Å². The van der Waals surface area contributed by atoms with Crippen molar-refractivity contribution in [2.45, 2.75) is 38.8 Å². The second-order valence-electron chi connectivity index (χ2n) is 4.47. The second kappa shape index (κ2) is 3.87. The Kier molecular flexibility index (Phi) is 3.17. The first-order chi connectivity index (χ1) is 6.40. The Labute approximate surface area is 85.1 Å². The van der Waals surface area contributed by atoms with E-state index in [9.17, 15) is 9.90 Å². The number of nitrogens with zero attached hydrogens (tertiary/aromatic N) is 1. The Morgan fingerprint density at radius 1 is 1.57 bits per heavy atom. The molecule has 14 heavy (non-hydrogen) atoms. The van der Waals surface area contributed by atoms with Gasteiger partial charge in [-0.05, 0) is 12.3 Å². The SMILES string of the molecule is CC[C@H](N)C(=O)N1CC(O)(C(C)C)C1. The average Bonchev–Trinajstić information content (AvgIpc) is 2.10. The second-order valence-corrected chi connectivity index (χ2v) is 4.47. The third-order valence-corrected chi connectivity index (χ3v) is 3.07. The molecule has 0 aliphatic carbocycles. The van der Waals surface area contributed by atoms with Gasteiger partial charge in [0.1, 0.15) is 5.60 Å². The number of β-amino-alcohol motifs (C(OH)–C–C–N with tert-alkyl or cyclic N) is 1. The number of aliphatic hydroxyl groups is 1. The van der Waals surface area contributed by atoms with E-state index in [0.717, 1.165) is 0 Å². The summed E-state index contributed by atoms with van der Waals surface area (Å²) >= 11 is 0. The van der Waals surface area contributed by atoms with Crippen LogP contribution in [0.15, 0.2) is 0 Å². The lowest BCUT2D eigenvalue weighted by Crippen LogP contribution is -2.67. The van der Waals surface area contributed by atoms with Gasteiger partial charge in [-0.1, -0.05) is 20.8 Å². The van der Waals surface area contributed by atoms with Crippen molar-refractivity contribution in [3.8, 4) is 0 Å². The van der Waals surface area contributed by atoms with Crippen LogP contribution in [0.4, 0.5) is 0 Å². The Balaban J connectivity index is 2.45. The van der Waals surface area contributed by atoms with E-state index in [1.54, 1.807) is 4.90 Å². The average molecular weight is 200 g/mol. The van der Waals surface area contributed by atoms with Crippen molar-refractivity contribution in [3.63, 3.8) is 0 Å². The van der Waals surface area contributed by atoms with Crippen LogP contribution in [-0.4, -0.2) is 40.6 Å². The third-order valence-electron chi connectivity index (χ3n) is 3.07. The number of amides is 1. The highest BCUT2D eigenvalue weighted by Gasteiger charge is 2.46. The monoisotopic (exact) mass is 200 g/mol. The lowest BCUT2D eigenvalue weighted by atomic mass is 9.82. The van der Waals surface area contributed by atoms with Gasteiger partial charge in [-0.3, -0.25) is 4.79 Å². The molecule has 1 saturated heterocycles. The van der Waals surface area contributed by atoms with E-state index in [1.807, 2.05) is 20.8 Å². The van der Waals surface area contributed by atoms with E-state index in [1.165, 1.54) is 0 Å². The van der Waals surface area contributed by atoms with Crippen LogP contribution in [-0.2, 0) is 4.79 Å². The third kappa shape index (κ3) is 1.91. The highest BCUT2D eigenvalue weighted by molar-refractivity contribution is 5.82. The van der Waals surface area contributed by atoms with Crippen LogP contribution in [0, 0.1) is 5.92 Å². The lowest BCUT2D eigenvalue weighted by molar-refractivity contribution is -0.165. The highest BCUT2D eigenvalue weighted by atomic mass is 16.3. The normalized spacial score (nSPS) is 22.0. The fourth-order valence-electron chi connectivity index (χ4n) is 1.54. The molecule has 4 nitrogen and oxygen atoms in total. The Morgan fingerprint density at radius 3 is 2.43 bits per heavy atom. The molecular formula is C10H20N2O2. The minimum atomic E-state index is -0.691. The zero-order valence-corrected chi connectivity index (χ0v) is 9.16. The summed E-state index contributed by atoms with van der Waals surface area (Å²) in [5.74, 6) is 0.141. The van der Waals surface area contributed by atoms with Gasteiger partial charge in [-0.15, -0.1) is 0 Å². The molecule has 0 unspecified atom stereocenters. The van der Waals surface area contributed by atoms with Crippen molar-refractivity contribution in [1.82, 2.24) is 4.90 Å². The largest absolute Gasteiger partial charge is 0.386 e. The standard InChI is InChI=1S/C10H20N2O2/c1-4-8(11)9(13)12-5-10(14,6-12)7(2)3/h7-8,14H,4-6,11H2,1-3H3/t8-/m0/s1. The van der Waals surface area contributed by atoms with Crippen LogP contribution in [0.5, 0.6) is 0 Å². The first kappa shape index (κ1) is 11.5. The molecule has 0 saturated carbocycles. The molecule has 82 valence electrons. The van der Waals surface area contributed by atoms with E-state index in [2.05, 4.69) is 0 Å². The Bertz CT molecular complexity index is 222. The fraction of sp³-hybridized carbons (Fsp3) is 0.900. The van der Waals surface area contributed by atoms with Crippen molar-refractivity contribution >= 4 is 5.91 Å². The lowest BCUT2D eigenvalue weighted by Gasteiger charge is -2.49. The predicted molar refractivity (Wildman–Crippen MR) is 54.6 cm³/mol. The number of nitrogens with two attached hydrogens (primary N) is 1. The maximum atomic E-state index is 11.6. The van der Waals surface area contributed by atoms with Crippen molar-refractivity contribution in [3.05, 3.63) is 0 Å². The molecule has 0 spiro atoms. The summed E-state index contributed by atoms with van der Waals surface area (Å²) in [6.45, 7) is 6.66. The maximum absolute atomic E-state index is 11.6. The van der Waals surface area contributed by atoms with E-state index in [4.69, 9.17) is 5.73 Å². The number of hydrogen-bond donors (Lipinski definition) is 2. The maximum Gasteiger partial charge on any atom is 0.239 e. The highest BCUT2D eigenvalue weighted by Crippen LogP contribution is 2.28. The number of rotatable bonds is 3. The Morgan fingerprint density at radius 2 is 2.07 bits per heavy atom. The molecule has 1 heterocycles. The zero-order valence-electron chi connectivity index (χ0n) is 9.16. The first-order valence-corrected chi connectivity index (χ1v) is 5.17. The van der Waals surface area contributed by atoms with Crippen molar-refractivity contribution < 1.29 is 9.90 Å². The molecule has 4 heteroatoms. The van der Waals surface area contributed by atoms with E-state index < -0.39 is 11.6 Å². The minimum absolute atomic E-state index is 0.0437. The van der Waals surface area contributed by atoms with Gasteiger partial charge in [0.25, 0.3) is 0 Å². The molecule has 0 bridgehead atoms. The van der Waals surface area contributed by atoms with Crippen LogP contribution in [0.3, 0.4) is 0 Å². The topological polar surface area (TPSA) is 66.6 Å². The number of carbonyl (C=O) groups is 1. The molecule has 3 N–H and O–H groups in total. The minimum Gasteiger partial charge on any atom is -0.386 e. The quantitative estimate of drug-likeness (QED) is 0.671. The molecular weight excluding hydrogens is 180 g/mol. The molecule has 1 rings (SSSR count). The number of carbonyl (C=O) groups excluding carboxylic acids is 1. The zero-order chi connectivity index (χ0) is 10.9. The molecule has 0 radical (unpaired) electrons. The summed E-state index contributed by atoms with van der Waals surface area (Å²) in [4.78, 5) is 13.2. The summed E-state index contributed by atoms with van der Waals surface area (Å²) in [5, 5.41) is 9.93.